The molecule has 1 aliphatic heterocycles. The molecule has 0 spiro atoms. The normalized spacial score (nSPS) is 27.5. The minimum absolute atomic E-state index is 0.136. The van der Waals surface area contributed by atoms with E-state index in [1.807, 2.05) is 0 Å². The van der Waals surface area contributed by atoms with E-state index in [2.05, 4.69) is 5.32 Å². The molecule has 2 rings (SSSR count). The fraction of sp³-hybridized carbons (Fsp3) is 0.650. The van der Waals surface area contributed by atoms with Gasteiger partial charge in [0.2, 0.25) is 12.5 Å². The van der Waals surface area contributed by atoms with Crippen molar-refractivity contribution in [2.75, 3.05) is 19.7 Å². The van der Waals surface area contributed by atoms with Crippen LogP contribution in [-0.2, 0) is 9.53 Å². The van der Waals surface area contributed by atoms with E-state index in [1.54, 1.807) is 0 Å². The van der Waals surface area contributed by atoms with Gasteiger partial charge < -0.3 is 41.0 Å². The number of nitrogens with one attached hydrogen (secondary N) is 1. The number of ether oxygens (including phenoxy) is 2. The summed E-state index contributed by atoms with van der Waals surface area (Å²) in [6.07, 6.45) is -5.30. The molecule has 0 aromatic heterocycles. The van der Waals surface area contributed by atoms with Gasteiger partial charge in [-0.25, -0.2) is 4.39 Å². The molecule has 1 aliphatic rings. The lowest BCUT2D eigenvalue weighted by Gasteiger charge is -2.39. The molecule has 30 heavy (non-hydrogen) atoms. The average Bonchev–Trinajstić information content (AvgIpc) is 2.76. The Bertz CT molecular complexity index is 647. The summed E-state index contributed by atoms with van der Waals surface area (Å²) < 4.78 is 25.1. The maximum Gasteiger partial charge on any atom is 0.259 e. The highest BCUT2D eigenvalue weighted by Crippen LogP contribution is 2.26. The second-order valence-electron chi connectivity index (χ2n) is 7.24. The van der Waals surface area contributed by atoms with Crippen molar-refractivity contribution in [1.29, 1.82) is 0 Å². The zero-order valence-electron chi connectivity index (χ0n) is 16.7. The van der Waals surface area contributed by atoms with Crippen molar-refractivity contribution < 1.29 is 39.1 Å². The molecule has 1 heterocycles. The van der Waals surface area contributed by atoms with Crippen LogP contribution in [0.3, 0.4) is 0 Å². The number of aliphatic hydroxyl groups excluding tert-OH is 4. The molecule has 1 fully saturated rings. The summed E-state index contributed by atoms with van der Waals surface area (Å²) in [5, 5.41) is 41.3. The van der Waals surface area contributed by atoms with Crippen molar-refractivity contribution in [3.63, 3.8) is 0 Å². The fourth-order valence-electron chi connectivity index (χ4n) is 3.09. The highest BCUT2D eigenvalue weighted by Gasteiger charge is 2.44. The Kier molecular flexibility index (Phi) is 9.89. The number of nitrogens with two attached hydrogens (primary N) is 1. The lowest BCUT2D eigenvalue weighted by Crippen LogP contribution is -2.60. The first-order valence-electron chi connectivity index (χ1n) is 10.1. The van der Waals surface area contributed by atoms with E-state index in [0.717, 1.165) is 25.7 Å². The number of benzene rings is 1. The van der Waals surface area contributed by atoms with E-state index < -0.39 is 49.4 Å². The van der Waals surface area contributed by atoms with Gasteiger partial charge in [0.15, 0.2) is 0 Å². The van der Waals surface area contributed by atoms with Crippen LogP contribution in [0, 0.1) is 0 Å². The number of carbonyl (C=O) groups excluding carboxylic acids is 1. The monoisotopic (exact) mass is 430 g/mol. The highest BCUT2D eigenvalue weighted by molar-refractivity contribution is 5.82. The first-order chi connectivity index (χ1) is 14.4. The van der Waals surface area contributed by atoms with Gasteiger partial charge in [0.1, 0.15) is 30.2 Å². The van der Waals surface area contributed by atoms with Crippen LogP contribution in [0.5, 0.6) is 5.75 Å². The molecule has 1 aromatic carbocycles. The summed E-state index contributed by atoms with van der Waals surface area (Å²) >= 11 is 0. The van der Waals surface area contributed by atoms with Crippen LogP contribution in [0.4, 0.5) is 4.39 Å². The topological polar surface area (TPSA) is 154 Å². The van der Waals surface area contributed by atoms with E-state index >= 15 is 0 Å². The van der Waals surface area contributed by atoms with Gasteiger partial charge in [-0.2, -0.15) is 0 Å². The van der Waals surface area contributed by atoms with Crippen LogP contribution >= 0.6 is 0 Å². The van der Waals surface area contributed by atoms with Crippen molar-refractivity contribution in [3.8, 4) is 5.75 Å². The second kappa shape index (κ2) is 12.1. The van der Waals surface area contributed by atoms with Crippen LogP contribution < -0.4 is 15.8 Å². The number of hydrogen-bond donors (Lipinski definition) is 6. The Morgan fingerprint density at radius 2 is 1.77 bits per heavy atom. The van der Waals surface area contributed by atoms with Crippen molar-refractivity contribution in [2.45, 2.75) is 62.6 Å². The summed E-state index contributed by atoms with van der Waals surface area (Å²) in [6.45, 7) is 0.451. The highest BCUT2D eigenvalue weighted by atomic mass is 19.1. The van der Waals surface area contributed by atoms with Crippen LogP contribution in [0.25, 0.3) is 0 Å². The first-order valence-corrected chi connectivity index (χ1v) is 10.1. The molecular weight excluding hydrogens is 399 g/mol. The van der Waals surface area contributed by atoms with Crippen molar-refractivity contribution in [3.05, 3.63) is 29.8 Å². The largest absolute Gasteiger partial charge is 0.462 e. The zero-order chi connectivity index (χ0) is 22.1. The van der Waals surface area contributed by atoms with Gasteiger partial charge >= 0.3 is 0 Å². The summed E-state index contributed by atoms with van der Waals surface area (Å²) in [7, 11) is 0. The van der Waals surface area contributed by atoms with Crippen LogP contribution in [0.15, 0.2) is 24.3 Å². The molecule has 9 nitrogen and oxygen atoms in total. The van der Waals surface area contributed by atoms with Gasteiger partial charge in [-0.15, -0.1) is 0 Å². The third-order valence-corrected chi connectivity index (χ3v) is 4.93. The lowest BCUT2D eigenvalue weighted by molar-refractivity contribution is -0.277. The first kappa shape index (κ1) is 24.4. The van der Waals surface area contributed by atoms with Gasteiger partial charge in [-0.1, -0.05) is 25.0 Å². The smallest absolute Gasteiger partial charge is 0.259 e. The van der Waals surface area contributed by atoms with Crippen molar-refractivity contribution in [2.24, 2.45) is 5.73 Å². The van der Waals surface area contributed by atoms with Gasteiger partial charge in [0.05, 0.1) is 6.61 Å². The molecule has 7 N–H and O–H groups in total. The molecule has 10 heteroatoms. The molecule has 170 valence electrons. The van der Waals surface area contributed by atoms with E-state index in [1.165, 1.54) is 24.3 Å². The minimum Gasteiger partial charge on any atom is -0.462 e. The van der Waals surface area contributed by atoms with Crippen LogP contribution in [-0.4, -0.2) is 76.7 Å². The maximum atomic E-state index is 14.4. The summed E-state index contributed by atoms with van der Waals surface area (Å²) in [4.78, 5) is 11.9. The molecule has 1 amide bonds. The molecule has 1 aromatic rings. The molecule has 1 saturated heterocycles. The summed E-state index contributed by atoms with van der Waals surface area (Å²) in [5.41, 5.74) is 5.55. The third kappa shape index (κ3) is 6.59. The number of halogens is 1. The quantitative estimate of drug-likeness (QED) is 0.257. The van der Waals surface area contributed by atoms with Crippen molar-refractivity contribution >= 4 is 5.91 Å². The number of carbonyl (C=O) groups is 1. The minimum atomic E-state index is -1.84. The standard InChI is InChI=1S/C20H31FN2O7/c21-15(19(28)23-10-4-2-1-3-9-22)12-5-7-13(8-6-12)29-20-18(27)17(26)16(25)14(11-24)30-20/h5-8,14-18,20,24-27H,1-4,9-11,22H2,(H,23,28)/t14-,15?,16-,17-,18+,20-/m1/s1. The van der Waals surface area contributed by atoms with Gasteiger partial charge in [0, 0.05) is 6.54 Å². The Balaban J connectivity index is 1.86. The number of rotatable bonds is 11. The fourth-order valence-corrected chi connectivity index (χ4v) is 3.09. The predicted molar refractivity (Wildman–Crippen MR) is 105 cm³/mol. The van der Waals surface area contributed by atoms with E-state index in [4.69, 9.17) is 15.2 Å². The van der Waals surface area contributed by atoms with Gasteiger partial charge in [0.25, 0.3) is 5.91 Å². The Labute approximate surface area is 174 Å². The van der Waals surface area contributed by atoms with Crippen LogP contribution in [0.1, 0.15) is 37.4 Å². The third-order valence-electron chi connectivity index (χ3n) is 4.93. The predicted octanol–water partition coefficient (Wildman–Crippen LogP) is -0.489. The van der Waals surface area contributed by atoms with Gasteiger partial charge in [-0.3, -0.25) is 4.79 Å². The number of amides is 1. The molecule has 1 unspecified atom stereocenters. The lowest BCUT2D eigenvalue weighted by atomic mass is 9.99. The number of hydrogen-bond acceptors (Lipinski definition) is 8. The number of unbranched alkanes of at least 4 members (excludes halogenated alkanes) is 3. The molecule has 0 bridgehead atoms. The molecule has 6 atom stereocenters. The van der Waals surface area contributed by atoms with E-state index in [0.29, 0.717) is 13.1 Å². The molecule has 0 radical (unpaired) electrons. The number of aliphatic hydroxyl groups is 4. The second-order valence-corrected chi connectivity index (χ2v) is 7.24. The van der Waals surface area contributed by atoms with Gasteiger partial charge in [-0.05, 0) is 37.1 Å². The van der Waals surface area contributed by atoms with E-state index in [9.17, 15) is 29.6 Å². The average molecular weight is 430 g/mol. The summed E-state index contributed by atoms with van der Waals surface area (Å²) in [6, 6.07) is 5.52. The summed E-state index contributed by atoms with van der Waals surface area (Å²) in [5.74, 6) is -0.535. The zero-order valence-corrected chi connectivity index (χ0v) is 16.7. The Morgan fingerprint density at radius 1 is 1.10 bits per heavy atom. The Hall–Kier alpha value is -1.82. The molecule has 0 saturated carbocycles. The molecule has 0 aliphatic carbocycles. The number of alkyl halides is 1. The van der Waals surface area contributed by atoms with Crippen LogP contribution in [0.2, 0.25) is 0 Å². The SMILES string of the molecule is NCCCCCCNC(=O)C(F)c1ccc(O[C@@H]2O[C@H](CO)[C@@H](O)[C@@H](O)[C@@H]2O)cc1. The van der Waals surface area contributed by atoms with Crippen molar-refractivity contribution in [1.82, 2.24) is 5.32 Å². The van der Waals surface area contributed by atoms with E-state index in [-0.39, 0.29) is 11.3 Å². The Morgan fingerprint density at radius 3 is 2.40 bits per heavy atom. The maximum absolute atomic E-state index is 14.4. The molecular formula is C20H31FN2O7.